The van der Waals surface area contributed by atoms with Crippen molar-refractivity contribution in [2.24, 2.45) is 5.73 Å². The maximum Gasteiger partial charge on any atom is 0.337 e. The Morgan fingerprint density at radius 2 is 2.11 bits per heavy atom. The maximum absolute atomic E-state index is 11.7. The molecule has 0 saturated heterocycles. The second kappa shape index (κ2) is 7.03. The molecule has 140 valence electrons. The van der Waals surface area contributed by atoms with Gasteiger partial charge < -0.3 is 15.2 Å². The summed E-state index contributed by atoms with van der Waals surface area (Å²) in [5.74, 6) is -0.639. The van der Waals surface area contributed by atoms with Crippen LogP contribution in [0.4, 0.5) is 0 Å². The minimum Gasteiger partial charge on any atom is -0.465 e. The van der Waals surface area contributed by atoms with Gasteiger partial charge in [-0.25, -0.2) is 4.79 Å². The second-order valence-electron chi connectivity index (χ2n) is 5.96. The summed E-state index contributed by atoms with van der Waals surface area (Å²) in [5.41, 5.74) is 8.81. The number of nitriles is 1. The number of nitrogens with zero attached hydrogens (tertiary/aromatic N) is 2. The second-order valence-corrected chi connectivity index (χ2v) is 7.67. The van der Waals surface area contributed by atoms with Crippen LogP contribution >= 0.6 is 22.9 Å². The van der Waals surface area contributed by atoms with Crippen LogP contribution in [0.1, 0.15) is 27.4 Å². The number of carbonyl (C=O) groups is 1. The number of aromatic amines is 1. The van der Waals surface area contributed by atoms with Crippen LogP contribution in [-0.2, 0) is 4.74 Å². The Hall–Kier alpha value is -3.28. The zero-order chi connectivity index (χ0) is 19.8. The van der Waals surface area contributed by atoms with E-state index < -0.39 is 11.9 Å². The van der Waals surface area contributed by atoms with E-state index in [9.17, 15) is 10.1 Å². The highest BCUT2D eigenvalue weighted by Gasteiger charge is 2.36. The molecule has 3 heterocycles. The van der Waals surface area contributed by atoms with Crippen molar-refractivity contribution in [3.05, 3.63) is 68.9 Å². The molecular weight excluding hydrogens is 400 g/mol. The van der Waals surface area contributed by atoms with Crippen LogP contribution in [-0.4, -0.2) is 23.3 Å². The predicted octanol–water partition coefficient (Wildman–Crippen LogP) is 3.80. The quantitative estimate of drug-likeness (QED) is 0.632. The van der Waals surface area contributed by atoms with Crippen molar-refractivity contribution < 1.29 is 14.3 Å². The summed E-state index contributed by atoms with van der Waals surface area (Å²) < 4.78 is 10.9. The molecule has 3 N–H and O–H groups in total. The van der Waals surface area contributed by atoms with E-state index >= 15 is 0 Å². The van der Waals surface area contributed by atoms with Crippen molar-refractivity contribution in [1.29, 1.82) is 5.26 Å². The molecule has 0 amide bonds. The third-order valence-electron chi connectivity index (χ3n) is 4.42. The lowest BCUT2D eigenvalue weighted by Gasteiger charge is -2.24. The smallest absolute Gasteiger partial charge is 0.337 e. The van der Waals surface area contributed by atoms with Crippen LogP contribution in [0.25, 0.3) is 10.6 Å². The van der Waals surface area contributed by atoms with E-state index in [4.69, 9.17) is 26.8 Å². The minimum absolute atomic E-state index is 0.000642. The van der Waals surface area contributed by atoms with Crippen molar-refractivity contribution in [3.8, 4) is 22.5 Å². The monoisotopic (exact) mass is 412 g/mol. The normalized spacial score (nSPS) is 15.5. The van der Waals surface area contributed by atoms with E-state index in [0.29, 0.717) is 27.0 Å². The molecule has 28 heavy (non-hydrogen) atoms. The molecule has 0 spiro atoms. The van der Waals surface area contributed by atoms with Crippen LogP contribution in [0.15, 0.2) is 47.9 Å². The average molecular weight is 413 g/mol. The number of H-pyrrole nitrogens is 1. The van der Waals surface area contributed by atoms with Gasteiger partial charge >= 0.3 is 5.97 Å². The van der Waals surface area contributed by atoms with E-state index in [0.717, 1.165) is 10.4 Å². The molecule has 0 saturated carbocycles. The number of carbonyl (C=O) groups excluding carboxylic acids is 1. The van der Waals surface area contributed by atoms with Gasteiger partial charge in [0, 0.05) is 0 Å². The van der Waals surface area contributed by atoms with Crippen molar-refractivity contribution in [1.82, 2.24) is 10.2 Å². The number of hydrogen-bond donors (Lipinski definition) is 2. The first-order valence-electron chi connectivity index (χ1n) is 8.13. The van der Waals surface area contributed by atoms with Gasteiger partial charge in [0.05, 0.1) is 39.1 Å². The number of nitrogens with two attached hydrogens (primary N) is 1. The predicted molar refractivity (Wildman–Crippen MR) is 104 cm³/mol. The number of hydrogen-bond acceptors (Lipinski definition) is 7. The van der Waals surface area contributed by atoms with E-state index in [1.54, 1.807) is 30.3 Å². The number of fused-ring (bicyclic) bond motifs is 1. The minimum atomic E-state index is -0.505. The summed E-state index contributed by atoms with van der Waals surface area (Å²) in [6.07, 6.45) is 0. The van der Waals surface area contributed by atoms with Crippen LogP contribution < -0.4 is 10.5 Å². The number of ether oxygens (including phenoxy) is 2. The molecule has 0 fully saturated rings. The summed E-state index contributed by atoms with van der Waals surface area (Å²) in [6.45, 7) is 0. The number of thiophene rings is 1. The third-order valence-corrected chi connectivity index (χ3v) is 5.67. The zero-order valence-electron chi connectivity index (χ0n) is 14.5. The molecule has 1 aliphatic rings. The van der Waals surface area contributed by atoms with E-state index in [-0.39, 0.29) is 11.5 Å². The summed E-state index contributed by atoms with van der Waals surface area (Å²) in [5, 5.41) is 16.9. The van der Waals surface area contributed by atoms with Gasteiger partial charge in [0.1, 0.15) is 11.6 Å². The van der Waals surface area contributed by atoms with Gasteiger partial charge in [-0.05, 0) is 29.8 Å². The van der Waals surface area contributed by atoms with Crippen molar-refractivity contribution >= 4 is 28.9 Å². The molecule has 0 unspecified atom stereocenters. The Morgan fingerprint density at radius 3 is 2.71 bits per heavy atom. The highest BCUT2D eigenvalue weighted by Crippen LogP contribution is 2.47. The van der Waals surface area contributed by atoms with Gasteiger partial charge in [0.15, 0.2) is 0 Å². The molecule has 1 aromatic carbocycles. The molecule has 1 aliphatic heterocycles. The van der Waals surface area contributed by atoms with Crippen LogP contribution in [0.5, 0.6) is 5.88 Å². The topological polar surface area (TPSA) is 114 Å². The molecule has 4 rings (SSSR count). The highest BCUT2D eigenvalue weighted by molar-refractivity contribution is 7.19. The summed E-state index contributed by atoms with van der Waals surface area (Å²) in [6, 6.07) is 12.6. The molecule has 0 radical (unpaired) electrons. The van der Waals surface area contributed by atoms with E-state index in [2.05, 4.69) is 16.3 Å². The molecule has 1 atom stereocenters. The Bertz CT molecular complexity index is 1140. The molecule has 0 bridgehead atoms. The number of benzene rings is 1. The molecular formula is C19H13ClN4O3S. The van der Waals surface area contributed by atoms with Crippen LogP contribution in [0, 0.1) is 11.3 Å². The fraction of sp³-hybridized carbons (Fsp3) is 0.105. The van der Waals surface area contributed by atoms with Gasteiger partial charge in [0.25, 0.3) is 0 Å². The van der Waals surface area contributed by atoms with Crippen LogP contribution in [0.3, 0.4) is 0 Å². The number of esters is 1. The van der Waals surface area contributed by atoms with Crippen molar-refractivity contribution in [2.75, 3.05) is 7.11 Å². The van der Waals surface area contributed by atoms with Gasteiger partial charge in [-0.1, -0.05) is 23.7 Å². The Balaban J connectivity index is 1.87. The molecule has 3 aromatic rings. The highest BCUT2D eigenvalue weighted by atomic mass is 35.5. The average Bonchev–Trinajstić information content (AvgIpc) is 3.32. The first-order chi connectivity index (χ1) is 13.5. The fourth-order valence-electron chi connectivity index (χ4n) is 3.14. The largest absolute Gasteiger partial charge is 0.465 e. The fourth-order valence-corrected chi connectivity index (χ4v) is 4.20. The molecule has 9 heteroatoms. The number of rotatable bonds is 3. The number of aromatic nitrogens is 2. The number of methoxy groups -OCH3 is 1. The Labute approximate surface area is 169 Å². The van der Waals surface area contributed by atoms with Gasteiger partial charge in [-0.3, -0.25) is 5.10 Å². The zero-order valence-corrected chi connectivity index (χ0v) is 16.1. The first kappa shape index (κ1) is 18.1. The first-order valence-corrected chi connectivity index (χ1v) is 9.32. The van der Waals surface area contributed by atoms with Gasteiger partial charge in [-0.15, -0.1) is 16.4 Å². The number of halogens is 1. The van der Waals surface area contributed by atoms with E-state index in [1.807, 2.05) is 6.07 Å². The number of nitrogens with one attached hydrogen (secondary N) is 1. The molecule has 7 nitrogen and oxygen atoms in total. The lowest BCUT2D eigenvalue weighted by atomic mass is 9.83. The number of allylic oxidation sites excluding steroid dienone is 1. The van der Waals surface area contributed by atoms with Gasteiger partial charge in [0.2, 0.25) is 11.8 Å². The summed E-state index contributed by atoms with van der Waals surface area (Å²) >= 11 is 7.46. The third kappa shape index (κ3) is 2.91. The van der Waals surface area contributed by atoms with Gasteiger partial charge in [-0.2, -0.15) is 5.26 Å². The summed E-state index contributed by atoms with van der Waals surface area (Å²) in [4.78, 5) is 12.6. The standard InChI is InChI=1S/C19H13ClN4O3S/c1-26-19(25)10-4-2-9(3-5-10)14-11(8-21)17(22)27-18-15(14)16(23-24-18)12-6-7-13(20)28-12/h2-7,14H,22H2,1H3,(H,23,24)/t14-/m0/s1. The van der Waals surface area contributed by atoms with Crippen molar-refractivity contribution in [2.45, 2.75) is 5.92 Å². The molecule has 2 aromatic heterocycles. The van der Waals surface area contributed by atoms with Crippen LogP contribution in [0.2, 0.25) is 4.34 Å². The Morgan fingerprint density at radius 1 is 1.36 bits per heavy atom. The lowest BCUT2D eigenvalue weighted by Crippen LogP contribution is -2.21. The van der Waals surface area contributed by atoms with Crippen molar-refractivity contribution in [3.63, 3.8) is 0 Å². The summed E-state index contributed by atoms with van der Waals surface area (Å²) in [7, 11) is 1.32. The lowest BCUT2D eigenvalue weighted by molar-refractivity contribution is 0.0600. The molecule has 0 aliphatic carbocycles. The Kier molecular flexibility index (Phi) is 4.55. The SMILES string of the molecule is COC(=O)c1ccc([C@H]2C(C#N)=C(N)Oc3n[nH]c(-c4ccc(Cl)s4)c32)cc1. The maximum atomic E-state index is 11.7. The van der Waals surface area contributed by atoms with E-state index in [1.165, 1.54) is 18.4 Å².